The lowest BCUT2D eigenvalue weighted by atomic mass is 9.77. The highest BCUT2D eigenvalue weighted by Crippen LogP contribution is 2.32. The predicted molar refractivity (Wildman–Crippen MR) is 70.8 cm³/mol. The van der Waals surface area contributed by atoms with E-state index < -0.39 is 0 Å². The van der Waals surface area contributed by atoms with Crippen molar-refractivity contribution in [3.63, 3.8) is 0 Å². The van der Waals surface area contributed by atoms with Gasteiger partial charge in [-0.3, -0.25) is 4.79 Å². The Labute approximate surface area is 110 Å². The summed E-state index contributed by atoms with van der Waals surface area (Å²) in [5, 5.41) is 9.59. The van der Waals surface area contributed by atoms with Crippen LogP contribution in [0, 0.1) is 17.8 Å². The van der Waals surface area contributed by atoms with Crippen LogP contribution >= 0.6 is 0 Å². The fourth-order valence-electron chi connectivity index (χ4n) is 3.42. The van der Waals surface area contributed by atoms with Gasteiger partial charge in [0.05, 0.1) is 6.10 Å². The molecule has 0 spiro atoms. The highest BCUT2D eigenvalue weighted by molar-refractivity contribution is 5.79. The minimum absolute atomic E-state index is 0.151. The second-order valence-corrected chi connectivity index (χ2v) is 6.23. The monoisotopic (exact) mass is 254 g/mol. The number of nitrogens with two attached hydrogens (primary N) is 1. The second-order valence-electron chi connectivity index (χ2n) is 6.23. The molecule has 4 heteroatoms. The van der Waals surface area contributed by atoms with Gasteiger partial charge in [-0.1, -0.05) is 6.92 Å². The lowest BCUT2D eigenvalue weighted by molar-refractivity contribution is -0.137. The molecule has 4 nitrogen and oxygen atoms in total. The Morgan fingerprint density at radius 3 is 2.67 bits per heavy atom. The maximum atomic E-state index is 12.5. The summed E-state index contributed by atoms with van der Waals surface area (Å²) >= 11 is 0. The third kappa shape index (κ3) is 2.86. The lowest BCUT2D eigenvalue weighted by Gasteiger charge is -2.34. The number of likely N-dealkylation sites (tertiary alicyclic amines) is 1. The largest absolute Gasteiger partial charge is 0.393 e. The molecule has 1 amide bonds. The quantitative estimate of drug-likeness (QED) is 0.772. The molecule has 5 atom stereocenters. The summed E-state index contributed by atoms with van der Waals surface area (Å²) in [4.78, 5) is 14.4. The van der Waals surface area contributed by atoms with Gasteiger partial charge in [0, 0.05) is 31.0 Å². The van der Waals surface area contributed by atoms with Crippen molar-refractivity contribution in [1.29, 1.82) is 0 Å². The molecule has 2 rings (SSSR count). The van der Waals surface area contributed by atoms with Crippen molar-refractivity contribution >= 4 is 5.91 Å². The van der Waals surface area contributed by atoms with E-state index in [1.807, 2.05) is 11.8 Å². The van der Waals surface area contributed by atoms with Crippen molar-refractivity contribution in [1.82, 2.24) is 4.90 Å². The number of carbonyl (C=O) groups excluding carboxylic acids is 1. The molecule has 0 aromatic rings. The number of rotatable bonds is 2. The Hall–Kier alpha value is -0.610. The fourth-order valence-corrected chi connectivity index (χ4v) is 3.42. The van der Waals surface area contributed by atoms with Crippen LogP contribution in [-0.2, 0) is 4.79 Å². The average Bonchev–Trinajstić information content (AvgIpc) is 2.77. The van der Waals surface area contributed by atoms with Crippen LogP contribution in [-0.4, -0.2) is 41.1 Å². The van der Waals surface area contributed by atoms with E-state index in [9.17, 15) is 9.90 Å². The zero-order chi connectivity index (χ0) is 13.3. The molecule has 2 aliphatic rings. The number of amides is 1. The predicted octanol–water partition coefficient (Wildman–Crippen LogP) is 0.979. The van der Waals surface area contributed by atoms with Gasteiger partial charge in [-0.2, -0.15) is 0 Å². The molecular formula is C14H26N2O2. The van der Waals surface area contributed by atoms with Crippen LogP contribution < -0.4 is 5.73 Å². The van der Waals surface area contributed by atoms with Crippen molar-refractivity contribution in [2.45, 2.75) is 51.7 Å². The van der Waals surface area contributed by atoms with Crippen LogP contribution in [0.2, 0.25) is 0 Å². The third-order valence-electron chi connectivity index (χ3n) is 4.75. The van der Waals surface area contributed by atoms with Crippen LogP contribution in [0.3, 0.4) is 0 Å². The SMILES string of the molecule is CC(O)C1CCN(C(=O)C2CCC(N)CC2C)C1. The van der Waals surface area contributed by atoms with Crippen LogP contribution in [0.1, 0.15) is 39.5 Å². The van der Waals surface area contributed by atoms with Gasteiger partial charge < -0.3 is 15.7 Å². The molecule has 104 valence electrons. The minimum Gasteiger partial charge on any atom is -0.393 e. The van der Waals surface area contributed by atoms with Gasteiger partial charge in [-0.15, -0.1) is 0 Å². The second kappa shape index (κ2) is 5.57. The van der Waals surface area contributed by atoms with Crippen LogP contribution in [0.15, 0.2) is 0 Å². The molecule has 2 fully saturated rings. The summed E-state index contributed by atoms with van der Waals surface area (Å²) in [7, 11) is 0. The van der Waals surface area contributed by atoms with E-state index in [2.05, 4.69) is 6.92 Å². The van der Waals surface area contributed by atoms with Gasteiger partial charge in [-0.05, 0) is 38.5 Å². The maximum Gasteiger partial charge on any atom is 0.225 e. The van der Waals surface area contributed by atoms with Crippen molar-refractivity contribution in [3.05, 3.63) is 0 Å². The van der Waals surface area contributed by atoms with E-state index in [1.54, 1.807) is 0 Å². The number of aliphatic hydroxyl groups excluding tert-OH is 1. The molecule has 1 saturated carbocycles. The van der Waals surface area contributed by atoms with E-state index in [0.29, 0.717) is 5.92 Å². The zero-order valence-corrected chi connectivity index (χ0v) is 11.5. The van der Waals surface area contributed by atoms with Crippen molar-refractivity contribution in [2.75, 3.05) is 13.1 Å². The summed E-state index contributed by atoms with van der Waals surface area (Å²) in [6, 6.07) is 0.271. The first kappa shape index (κ1) is 13.8. The molecule has 18 heavy (non-hydrogen) atoms. The van der Waals surface area contributed by atoms with Crippen molar-refractivity contribution in [3.8, 4) is 0 Å². The van der Waals surface area contributed by atoms with Gasteiger partial charge >= 0.3 is 0 Å². The Kier molecular flexibility index (Phi) is 4.28. The molecule has 0 aromatic carbocycles. The highest BCUT2D eigenvalue weighted by Gasteiger charge is 2.37. The summed E-state index contributed by atoms with van der Waals surface area (Å²) in [6.45, 7) is 5.50. The van der Waals surface area contributed by atoms with Gasteiger partial charge in [0.25, 0.3) is 0 Å². The van der Waals surface area contributed by atoms with Crippen molar-refractivity contribution in [2.24, 2.45) is 23.5 Å². The van der Waals surface area contributed by atoms with E-state index >= 15 is 0 Å². The molecule has 0 radical (unpaired) electrons. The summed E-state index contributed by atoms with van der Waals surface area (Å²) in [5.74, 6) is 1.09. The molecule has 1 heterocycles. The molecule has 0 aromatic heterocycles. The summed E-state index contributed by atoms with van der Waals surface area (Å²) in [6.07, 6.45) is 3.49. The molecule has 3 N–H and O–H groups in total. The van der Waals surface area contributed by atoms with Gasteiger partial charge in [-0.25, -0.2) is 0 Å². The Morgan fingerprint density at radius 1 is 1.39 bits per heavy atom. The Bertz CT molecular complexity index is 306. The van der Waals surface area contributed by atoms with Crippen LogP contribution in [0.25, 0.3) is 0 Å². The number of aliphatic hydroxyl groups is 1. The number of hydrogen-bond acceptors (Lipinski definition) is 3. The topological polar surface area (TPSA) is 66.6 Å². The number of carbonyl (C=O) groups is 1. The molecule has 1 aliphatic carbocycles. The van der Waals surface area contributed by atoms with E-state index in [-0.39, 0.29) is 29.9 Å². The molecule has 1 saturated heterocycles. The summed E-state index contributed by atoms with van der Waals surface area (Å²) in [5.41, 5.74) is 5.94. The normalized spacial score (nSPS) is 38.8. The van der Waals surface area contributed by atoms with Crippen molar-refractivity contribution < 1.29 is 9.90 Å². The average molecular weight is 254 g/mol. The Morgan fingerprint density at radius 2 is 2.11 bits per heavy atom. The van der Waals surface area contributed by atoms with E-state index in [1.165, 1.54) is 0 Å². The van der Waals surface area contributed by atoms with E-state index in [0.717, 1.165) is 38.8 Å². The lowest BCUT2D eigenvalue weighted by Crippen LogP contribution is -2.42. The van der Waals surface area contributed by atoms with Gasteiger partial charge in [0.15, 0.2) is 0 Å². The standard InChI is InChI=1S/C14H26N2O2/c1-9-7-12(15)3-4-13(9)14(18)16-6-5-11(8-16)10(2)17/h9-13,17H,3-8,15H2,1-2H3. The molecule has 5 unspecified atom stereocenters. The first-order chi connectivity index (χ1) is 8.49. The molecular weight excluding hydrogens is 228 g/mol. The Balaban J connectivity index is 1.92. The molecule has 1 aliphatic heterocycles. The first-order valence-electron chi connectivity index (χ1n) is 7.21. The smallest absolute Gasteiger partial charge is 0.225 e. The van der Waals surface area contributed by atoms with Crippen LogP contribution in [0.5, 0.6) is 0 Å². The molecule has 0 bridgehead atoms. The first-order valence-corrected chi connectivity index (χ1v) is 7.21. The minimum atomic E-state index is -0.306. The van der Waals surface area contributed by atoms with Crippen LogP contribution in [0.4, 0.5) is 0 Å². The van der Waals surface area contributed by atoms with Gasteiger partial charge in [0.1, 0.15) is 0 Å². The maximum absolute atomic E-state index is 12.5. The fraction of sp³-hybridized carbons (Fsp3) is 0.929. The number of nitrogens with zero attached hydrogens (tertiary/aromatic N) is 1. The van der Waals surface area contributed by atoms with Gasteiger partial charge in [0.2, 0.25) is 5.91 Å². The third-order valence-corrected chi connectivity index (χ3v) is 4.75. The zero-order valence-electron chi connectivity index (χ0n) is 11.5. The highest BCUT2D eigenvalue weighted by atomic mass is 16.3. The summed E-state index contributed by atoms with van der Waals surface area (Å²) < 4.78 is 0. The van der Waals surface area contributed by atoms with E-state index in [4.69, 9.17) is 5.73 Å². The number of hydrogen-bond donors (Lipinski definition) is 2.